The highest BCUT2D eigenvalue weighted by molar-refractivity contribution is 7.92. The Kier molecular flexibility index (Phi) is 4.04. The van der Waals surface area contributed by atoms with Crippen LogP contribution < -0.4 is 14.8 Å². The molecule has 0 aromatic heterocycles. The van der Waals surface area contributed by atoms with E-state index in [1.165, 1.54) is 50.6 Å². The number of ether oxygens (including phenoxy) is 1. The Balaban J connectivity index is 2.44. The first-order valence-corrected chi connectivity index (χ1v) is 7.48. The van der Waals surface area contributed by atoms with Crippen LogP contribution in [0.25, 0.3) is 0 Å². The molecule has 7 heteroatoms. The number of methoxy groups -OCH3 is 1. The lowest BCUT2D eigenvalue weighted by atomic mass is 10.3. The minimum atomic E-state index is -3.83. The van der Waals surface area contributed by atoms with Crippen LogP contribution in [-0.2, 0) is 10.0 Å². The fourth-order valence-corrected chi connectivity index (χ4v) is 3.07. The van der Waals surface area contributed by atoms with E-state index in [1.54, 1.807) is 0 Å². The van der Waals surface area contributed by atoms with E-state index in [0.29, 0.717) is 5.75 Å². The third-order valence-corrected chi connectivity index (χ3v) is 4.81. The van der Waals surface area contributed by atoms with Gasteiger partial charge in [0.15, 0.2) is 0 Å². The number of sulfonamides is 1. The zero-order valence-electron chi connectivity index (χ0n) is 11.6. The molecule has 5 nitrogen and oxygen atoms in total. The van der Waals surface area contributed by atoms with Crippen LogP contribution in [0.2, 0.25) is 0 Å². The predicted octanol–water partition coefficient (Wildman–Crippen LogP) is 2.24. The number of halogens is 1. The maximum absolute atomic E-state index is 13.2. The quantitative estimate of drug-likeness (QED) is 0.879. The summed E-state index contributed by atoms with van der Waals surface area (Å²) in [5, 5.41) is 0. The van der Waals surface area contributed by atoms with E-state index in [1.807, 2.05) is 0 Å². The Morgan fingerprint density at radius 3 is 2.48 bits per heavy atom. The topological polar surface area (TPSA) is 72.6 Å². The van der Waals surface area contributed by atoms with Crippen molar-refractivity contribution in [2.75, 3.05) is 24.2 Å². The molecule has 0 aliphatic rings. The van der Waals surface area contributed by atoms with E-state index in [0.717, 1.165) is 10.4 Å². The third-order valence-electron chi connectivity index (χ3n) is 3.03. The van der Waals surface area contributed by atoms with Crippen molar-refractivity contribution in [1.82, 2.24) is 0 Å². The summed E-state index contributed by atoms with van der Waals surface area (Å²) < 4.78 is 44.2. The van der Waals surface area contributed by atoms with E-state index < -0.39 is 15.8 Å². The summed E-state index contributed by atoms with van der Waals surface area (Å²) in [6.45, 7) is 0. The van der Waals surface area contributed by atoms with E-state index in [-0.39, 0.29) is 16.3 Å². The molecule has 112 valence electrons. The molecule has 0 atom stereocenters. The van der Waals surface area contributed by atoms with Gasteiger partial charge in [0.2, 0.25) is 0 Å². The molecule has 0 saturated carbocycles. The van der Waals surface area contributed by atoms with Crippen molar-refractivity contribution in [2.24, 2.45) is 0 Å². The Hall–Kier alpha value is -2.28. The summed E-state index contributed by atoms with van der Waals surface area (Å²) in [4.78, 5) is 0.00700. The molecular formula is C14H15FN2O3S. The van der Waals surface area contributed by atoms with E-state index in [4.69, 9.17) is 10.5 Å². The molecule has 0 unspecified atom stereocenters. The molecule has 2 rings (SSSR count). The van der Waals surface area contributed by atoms with Crippen molar-refractivity contribution in [3.8, 4) is 5.75 Å². The largest absolute Gasteiger partial charge is 0.495 e. The van der Waals surface area contributed by atoms with Gasteiger partial charge in [-0.3, -0.25) is 4.31 Å². The molecule has 0 aliphatic carbocycles. The molecule has 0 spiro atoms. The number of rotatable bonds is 4. The fourth-order valence-electron chi connectivity index (χ4n) is 1.84. The molecule has 2 N–H and O–H groups in total. The van der Waals surface area contributed by atoms with Crippen LogP contribution in [-0.4, -0.2) is 22.6 Å². The monoisotopic (exact) mass is 310 g/mol. The van der Waals surface area contributed by atoms with Crippen molar-refractivity contribution in [3.05, 3.63) is 48.3 Å². The molecule has 0 radical (unpaired) electrons. The smallest absolute Gasteiger partial charge is 0.264 e. The molecular weight excluding hydrogens is 295 g/mol. The Morgan fingerprint density at radius 2 is 1.90 bits per heavy atom. The molecule has 0 aliphatic heterocycles. The van der Waals surface area contributed by atoms with Gasteiger partial charge in [0, 0.05) is 7.05 Å². The predicted molar refractivity (Wildman–Crippen MR) is 79.4 cm³/mol. The number of hydrogen-bond donors (Lipinski definition) is 1. The van der Waals surface area contributed by atoms with Gasteiger partial charge in [-0.2, -0.15) is 0 Å². The van der Waals surface area contributed by atoms with Gasteiger partial charge in [-0.15, -0.1) is 0 Å². The lowest BCUT2D eigenvalue weighted by Gasteiger charge is -2.20. The number of nitrogens with two attached hydrogens (primary N) is 1. The summed E-state index contributed by atoms with van der Waals surface area (Å²) >= 11 is 0. The van der Waals surface area contributed by atoms with E-state index in [9.17, 15) is 12.8 Å². The van der Waals surface area contributed by atoms with Gasteiger partial charge in [0.1, 0.15) is 11.6 Å². The van der Waals surface area contributed by atoms with Crippen LogP contribution >= 0.6 is 0 Å². The van der Waals surface area contributed by atoms with Gasteiger partial charge in [-0.05, 0) is 36.4 Å². The number of benzene rings is 2. The second-order valence-electron chi connectivity index (χ2n) is 4.36. The van der Waals surface area contributed by atoms with Crippen LogP contribution in [0, 0.1) is 5.82 Å². The second kappa shape index (κ2) is 5.61. The molecule has 0 bridgehead atoms. The van der Waals surface area contributed by atoms with Crippen molar-refractivity contribution >= 4 is 21.4 Å². The molecule has 21 heavy (non-hydrogen) atoms. The highest BCUT2D eigenvalue weighted by Gasteiger charge is 2.22. The standard InChI is InChI=1S/C14H15FN2O3S/c1-17(11-5-3-4-10(15)8-11)21(18,19)12-6-7-14(20-2)13(16)9-12/h3-9H,16H2,1-2H3. The van der Waals surface area contributed by atoms with Crippen LogP contribution in [0.3, 0.4) is 0 Å². The average molecular weight is 310 g/mol. The second-order valence-corrected chi connectivity index (χ2v) is 6.33. The highest BCUT2D eigenvalue weighted by atomic mass is 32.2. The molecule has 0 fully saturated rings. The van der Waals surface area contributed by atoms with Crippen LogP contribution in [0.15, 0.2) is 47.4 Å². The van der Waals surface area contributed by atoms with Gasteiger partial charge in [-0.25, -0.2) is 12.8 Å². The lowest BCUT2D eigenvalue weighted by molar-refractivity contribution is 0.416. The molecule has 0 heterocycles. The van der Waals surface area contributed by atoms with Crippen LogP contribution in [0.4, 0.5) is 15.8 Å². The SMILES string of the molecule is COc1ccc(S(=O)(=O)N(C)c2cccc(F)c2)cc1N. The minimum Gasteiger partial charge on any atom is -0.495 e. The van der Waals surface area contributed by atoms with Crippen molar-refractivity contribution in [1.29, 1.82) is 0 Å². The Morgan fingerprint density at radius 1 is 1.19 bits per heavy atom. The van der Waals surface area contributed by atoms with Crippen molar-refractivity contribution < 1.29 is 17.5 Å². The molecule has 0 amide bonds. The van der Waals surface area contributed by atoms with Crippen molar-refractivity contribution in [2.45, 2.75) is 4.90 Å². The number of anilines is 2. The maximum Gasteiger partial charge on any atom is 0.264 e. The number of nitrogen functional groups attached to an aromatic ring is 1. The normalized spacial score (nSPS) is 11.2. The first kappa shape index (κ1) is 15.1. The third kappa shape index (κ3) is 2.92. The summed E-state index contributed by atoms with van der Waals surface area (Å²) in [6, 6.07) is 9.51. The molecule has 2 aromatic rings. The average Bonchev–Trinajstić information content (AvgIpc) is 2.46. The summed E-state index contributed by atoms with van der Waals surface area (Å²) in [6.07, 6.45) is 0. The summed E-state index contributed by atoms with van der Waals surface area (Å²) in [7, 11) is -1.03. The van der Waals surface area contributed by atoms with E-state index in [2.05, 4.69) is 0 Å². The fraction of sp³-hybridized carbons (Fsp3) is 0.143. The van der Waals surface area contributed by atoms with Gasteiger partial charge in [0.25, 0.3) is 10.0 Å². The van der Waals surface area contributed by atoms with Gasteiger partial charge >= 0.3 is 0 Å². The van der Waals surface area contributed by atoms with E-state index >= 15 is 0 Å². The Bertz CT molecular complexity index is 763. The highest BCUT2D eigenvalue weighted by Crippen LogP contribution is 2.28. The minimum absolute atomic E-state index is 0.00700. The van der Waals surface area contributed by atoms with Crippen molar-refractivity contribution in [3.63, 3.8) is 0 Å². The number of hydrogen-bond acceptors (Lipinski definition) is 4. The maximum atomic E-state index is 13.2. The first-order chi connectivity index (χ1) is 9.86. The zero-order chi connectivity index (χ0) is 15.6. The van der Waals surface area contributed by atoms with Crippen LogP contribution in [0.1, 0.15) is 0 Å². The van der Waals surface area contributed by atoms with Gasteiger partial charge < -0.3 is 10.5 Å². The first-order valence-electron chi connectivity index (χ1n) is 6.04. The van der Waals surface area contributed by atoms with Gasteiger partial charge in [0.05, 0.1) is 23.4 Å². The zero-order valence-corrected chi connectivity index (χ0v) is 12.4. The van der Waals surface area contributed by atoms with Gasteiger partial charge in [-0.1, -0.05) is 6.07 Å². The summed E-state index contributed by atoms with van der Waals surface area (Å²) in [5.41, 5.74) is 6.16. The Labute approximate surface area is 122 Å². The lowest BCUT2D eigenvalue weighted by Crippen LogP contribution is -2.26. The number of nitrogens with zero attached hydrogens (tertiary/aromatic N) is 1. The molecule has 2 aromatic carbocycles. The summed E-state index contributed by atoms with van der Waals surface area (Å²) in [5.74, 6) is -0.119. The molecule has 0 saturated heterocycles. The van der Waals surface area contributed by atoms with Crippen LogP contribution in [0.5, 0.6) is 5.75 Å².